The summed E-state index contributed by atoms with van der Waals surface area (Å²) in [7, 11) is 0.978. The number of carbonyl (C=O) groups is 1. The number of nitrogens with one attached hydrogen (secondary N) is 1. The zero-order valence-corrected chi connectivity index (χ0v) is 21.0. The number of rotatable bonds is 6. The number of aromatic nitrogens is 2. The molecule has 0 bridgehead atoms. The Kier molecular flexibility index (Phi) is 8.18. The lowest BCUT2D eigenvalue weighted by molar-refractivity contribution is -0.118. The summed E-state index contributed by atoms with van der Waals surface area (Å²) in [5.74, 6) is -0.107. The Bertz CT molecular complexity index is 881. The van der Waals surface area contributed by atoms with E-state index in [9.17, 15) is 9.59 Å². The van der Waals surface area contributed by atoms with E-state index in [0.29, 0.717) is 12.5 Å². The highest BCUT2D eigenvalue weighted by molar-refractivity contribution is 7.44. The Morgan fingerprint density at radius 2 is 2.06 bits per heavy atom. The second-order valence-electron chi connectivity index (χ2n) is 9.58. The number of carbonyl (C=O) groups excluding carboxylic acids is 1. The molecule has 0 spiro atoms. The van der Waals surface area contributed by atoms with Crippen LogP contribution >= 0.6 is 8.53 Å². The van der Waals surface area contributed by atoms with Gasteiger partial charge < -0.3 is 19.1 Å². The minimum atomic E-state index is -1.14. The first-order valence-corrected chi connectivity index (χ1v) is 13.4. The molecule has 0 radical (unpaired) electrons. The van der Waals surface area contributed by atoms with Crippen molar-refractivity contribution in [2.45, 2.75) is 103 Å². The van der Waals surface area contributed by atoms with Crippen molar-refractivity contribution in [1.29, 1.82) is 0 Å². The molecule has 1 saturated carbocycles. The van der Waals surface area contributed by atoms with Crippen LogP contribution in [0.4, 0.5) is 5.82 Å². The van der Waals surface area contributed by atoms with E-state index < -0.39 is 20.4 Å². The summed E-state index contributed by atoms with van der Waals surface area (Å²) in [6.45, 7) is 5.65. The van der Waals surface area contributed by atoms with Crippen LogP contribution in [0.2, 0.25) is 0 Å². The summed E-state index contributed by atoms with van der Waals surface area (Å²) in [6, 6.07) is 2.06. The predicted molar refractivity (Wildman–Crippen MR) is 127 cm³/mol. The molecule has 1 aromatic rings. The topological polar surface area (TPSA) is 94.9 Å². The quantitative estimate of drug-likeness (QED) is 0.610. The van der Waals surface area contributed by atoms with Gasteiger partial charge in [-0.15, -0.1) is 0 Å². The summed E-state index contributed by atoms with van der Waals surface area (Å²) in [5, 5.41) is 2.67. The van der Waals surface area contributed by atoms with Crippen LogP contribution in [-0.2, 0) is 18.6 Å². The number of fused-ring (bicyclic) bond motifs is 1. The minimum absolute atomic E-state index is 0.116. The molecule has 0 aromatic carbocycles. The third kappa shape index (κ3) is 5.65. The van der Waals surface area contributed by atoms with Crippen molar-refractivity contribution in [3.63, 3.8) is 0 Å². The van der Waals surface area contributed by atoms with Crippen molar-refractivity contribution in [2.24, 2.45) is 5.92 Å². The largest absolute Gasteiger partial charge is 0.352 e. The summed E-state index contributed by atoms with van der Waals surface area (Å²) in [6.07, 6.45) is 9.81. The lowest BCUT2D eigenvalue weighted by atomic mass is 9.94. The summed E-state index contributed by atoms with van der Waals surface area (Å²) < 4.78 is 22.9. The Morgan fingerprint density at radius 1 is 1.30 bits per heavy atom. The molecular weight excluding hydrogens is 443 g/mol. The van der Waals surface area contributed by atoms with Crippen molar-refractivity contribution in [3.8, 4) is 0 Å². The highest BCUT2D eigenvalue weighted by Gasteiger charge is 2.45. The third-order valence-electron chi connectivity index (χ3n) is 6.86. The van der Waals surface area contributed by atoms with Gasteiger partial charge >= 0.3 is 5.69 Å². The molecule has 2 aliphatic heterocycles. The van der Waals surface area contributed by atoms with Gasteiger partial charge in [-0.05, 0) is 32.4 Å². The molecule has 184 valence electrons. The molecule has 3 fully saturated rings. The number of nitrogens with zero attached hydrogens (tertiary/aromatic N) is 3. The van der Waals surface area contributed by atoms with Gasteiger partial charge in [-0.25, -0.2) is 9.46 Å². The zero-order chi connectivity index (χ0) is 23.5. The number of likely N-dealkylation sites (N-methyl/N-ethyl adjacent to an activating group) is 1. The van der Waals surface area contributed by atoms with Crippen molar-refractivity contribution in [1.82, 2.24) is 14.2 Å². The van der Waals surface area contributed by atoms with Gasteiger partial charge in [0, 0.05) is 24.6 Å². The van der Waals surface area contributed by atoms with E-state index in [0.717, 1.165) is 19.3 Å². The normalized spacial score (nSPS) is 33.0. The van der Waals surface area contributed by atoms with Gasteiger partial charge in [-0.3, -0.25) is 9.36 Å². The number of anilines is 1. The van der Waals surface area contributed by atoms with Gasteiger partial charge in [0.2, 0.25) is 5.91 Å². The average Bonchev–Trinajstić information content (AvgIpc) is 3.29. The SMILES string of the molecule is CC[C@H]1O[C@@H](n2ccc(NC(=O)C(C)C)nc2=O)CC1O[P@]1O[C@H]2CCCCCCC2N1C. The molecular formula is C23H37N4O5P. The van der Waals surface area contributed by atoms with E-state index in [2.05, 4.69) is 28.9 Å². The van der Waals surface area contributed by atoms with Crippen LogP contribution in [-0.4, -0.2) is 51.5 Å². The number of amides is 1. The molecule has 3 aliphatic rings. The monoisotopic (exact) mass is 480 g/mol. The molecule has 1 N–H and O–H groups in total. The van der Waals surface area contributed by atoms with Gasteiger partial charge in [-0.2, -0.15) is 4.98 Å². The number of hydrogen-bond acceptors (Lipinski definition) is 7. The Balaban J connectivity index is 1.41. The Labute approximate surface area is 197 Å². The molecule has 1 aliphatic carbocycles. The van der Waals surface area contributed by atoms with E-state index in [-0.39, 0.29) is 36.0 Å². The molecule has 6 atom stereocenters. The molecule has 1 aromatic heterocycles. The molecule has 9 nitrogen and oxygen atoms in total. The van der Waals surface area contributed by atoms with Crippen molar-refractivity contribution < 1.29 is 18.6 Å². The van der Waals surface area contributed by atoms with E-state index in [1.807, 2.05) is 0 Å². The highest BCUT2D eigenvalue weighted by atomic mass is 31.2. The second-order valence-corrected chi connectivity index (χ2v) is 11.1. The van der Waals surface area contributed by atoms with Gasteiger partial charge in [0.05, 0.1) is 18.3 Å². The number of ether oxygens (including phenoxy) is 1. The fraction of sp³-hybridized carbons (Fsp3) is 0.783. The van der Waals surface area contributed by atoms with Crippen molar-refractivity contribution in [2.75, 3.05) is 12.4 Å². The van der Waals surface area contributed by atoms with Crippen LogP contribution in [0.3, 0.4) is 0 Å². The van der Waals surface area contributed by atoms with Crippen LogP contribution in [0, 0.1) is 5.92 Å². The highest BCUT2D eigenvalue weighted by Crippen LogP contribution is 2.56. The predicted octanol–water partition coefficient (Wildman–Crippen LogP) is 4.20. The van der Waals surface area contributed by atoms with Crippen LogP contribution in [0.15, 0.2) is 17.1 Å². The van der Waals surface area contributed by atoms with E-state index in [1.165, 1.54) is 30.3 Å². The first-order valence-electron chi connectivity index (χ1n) is 12.3. The first kappa shape index (κ1) is 24.7. The zero-order valence-electron chi connectivity index (χ0n) is 20.1. The maximum absolute atomic E-state index is 12.7. The summed E-state index contributed by atoms with van der Waals surface area (Å²) in [4.78, 5) is 28.6. The molecule has 2 unspecified atom stereocenters. The number of hydrogen-bond donors (Lipinski definition) is 1. The average molecular weight is 481 g/mol. The maximum atomic E-state index is 12.7. The second kappa shape index (κ2) is 10.9. The van der Waals surface area contributed by atoms with Gasteiger partial charge in [-0.1, -0.05) is 46.5 Å². The molecule has 2 saturated heterocycles. The summed E-state index contributed by atoms with van der Waals surface area (Å²) in [5.41, 5.74) is -0.449. The minimum Gasteiger partial charge on any atom is -0.352 e. The van der Waals surface area contributed by atoms with Crippen LogP contribution in [0.25, 0.3) is 0 Å². The lowest BCUT2D eigenvalue weighted by Gasteiger charge is -2.26. The van der Waals surface area contributed by atoms with Crippen LogP contribution in [0.5, 0.6) is 0 Å². The van der Waals surface area contributed by atoms with E-state index in [1.54, 1.807) is 26.1 Å². The molecule has 1 amide bonds. The Morgan fingerprint density at radius 3 is 2.76 bits per heavy atom. The maximum Gasteiger partial charge on any atom is 0.351 e. The van der Waals surface area contributed by atoms with Crippen molar-refractivity contribution >= 4 is 20.3 Å². The lowest BCUT2D eigenvalue weighted by Crippen LogP contribution is -2.32. The third-order valence-corrected chi connectivity index (χ3v) is 8.57. The molecule has 4 rings (SSSR count). The summed E-state index contributed by atoms with van der Waals surface area (Å²) >= 11 is 0. The van der Waals surface area contributed by atoms with E-state index >= 15 is 0 Å². The standard InChI is InChI=1S/C23H37N4O5P/c1-5-17-19(32-33-26(4)16-10-8-6-7-9-11-18(16)31-33)14-21(30-17)27-13-12-20(25-23(27)29)24-22(28)15(2)3/h12-13,15-19,21H,5-11,14H2,1-4H3,(H,24,25,28,29)/t16?,17-,18+,19?,21-,33+/m1/s1. The molecule has 3 heterocycles. The van der Waals surface area contributed by atoms with Gasteiger partial charge in [0.25, 0.3) is 8.53 Å². The first-order chi connectivity index (χ1) is 15.9. The van der Waals surface area contributed by atoms with Gasteiger partial charge in [0.1, 0.15) is 12.0 Å². The van der Waals surface area contributed by atoms with Crippen LogP contribution in [0.1, 0.15) is 78.4 Å². The fourth-order valence-electron chi connectivity index (χ4n) is 4.82. The van der Waals surface area contributed by atoms with Crippen molar-refractivity contribution in [3.05, 3.63) is 22.7 Å². The molecule has 33 heavy (non-hydrogen) atoms. The van der Waals surface area contributed by atoms with Crippen LogP contribution < -0.4 is 11.0 Å². The Hall–Kier alpha value is -1.38. The fourth-order valence-corrected chi connectivity index (χ4v) is 6.61. The van der Waals surface area contributed by atoms with E-state index in [4.69, 9.17) is 13.8 Å². The molecule has 10 heteroatoms. The smallest absolute Gasteiger partial charge is 0.351 e. The van der Waals surface area contributed by atoms with Gasteiger partial charge in [0.15, 0.2) is 0 Å².